The van der Waals surface area contributed by atoms with Crippen LogP contribution in [0.25, 0.3) is 0 Å². The number of aromatic nitrogens is 1. The molecule has 0 bridgehead atoms. The highest BCUT2D eigenvalue weighted by molar-refractivity contribution is 7.19. The lowest BCUT2D eigenvalue weighted by Gasteiger charge is -1.96. The van der Waals surface area contributed by atoms with Gasteiger partial charge in [0.05, 0.1) is 14.1 Å². The molecule has 0 saturated carbocycles. The van der Waals surface area contributed by atoms with E-state index < -0.39 is 4.92 Å². The van der Waals surface area contributed by atoms with E-state index in [1.165, 1.54) is 0 Å². The lowest BCUT2D eigenvalue weighted by molar-refractivity contribution is -0.380. The highest BCUT2D eigenvalue weighted by atomic mass is 35.5. The second-order valence-corrected chi connectivity index (χ2v) is 5.54. The van der Waals surface area contributed by atoms with Gasteiger partial charge in [0.1, 0.15) is 6.20 Å². The van der Waals surface area contributed by atoms with Crippen molar-refractivity contribution in [3.63, 3.8) is 0 Å². The van der Waals surface area contributed by atoms with Crippen LogP contribution in [-0.4, -0.2) is 15.8 Å². The maximum Gasteiger partial charge on any atom is 0.345 e. The van der Waals surface area contributed by atoms with Crippen molar-refractivity contribution in [3.8, 4) is 0 Å². The summed E-state index contributed by atoms with van der Waals surface area (Å²) in [5, 5.41) is 12.9. The molecule has 0 fully saturated rings. The van der Waals surface area contributed by atoms with Gasteiger partial charge in [0.25, 0.3) is 5.91 Å². The minimum atomic E-state index is -0.560. The van der Waals surface area contributed by atoms with Gasteiger partial charge in [0.2, 0.25) is 0 Å². The minimum Gasteiger partial charge on any atom is -0.297 e. The molecule has 2 heterocycles. The van der Waals surface area contributed by atoms with Gasteiger partial charge in [-0.15, -0.1) is 11.3 Å². The summed E-state index contributed by atoms with van der Waals surface area (Å²) in [6, 6.07) is 3.18. The minimum absolute atomic E-state index is 0.121. The van der Waals surface area contributed by atoms with Crippen LogP contribution in [0.2, 0.25) is 4.34 Å². The van der Waals surface area contributed by atoms with Gasteiger partial charge < -0.3 is 0 Å². The van der Waals surface area contributed by atoms with E-state index >= 15 is 0 Å². The lowest BCUT2D eigenvalue weighted by Crippen LogP contribution is -2.09. The molecular weight excluding hydrogens is 286 g/mol. The number of carbonyl (C=O) groups is 1. The Morgan fingerprint density at radius 2 is 2.24 bits per heavy atom. The van der Waals surface area contributed by atoms with Crippen molar-refractivity contribution in [2.45, 2.75) is 0 Å². The van der Waals surface area contributed by atoms with E-state index in [1.807, 2.05) is 0 Å². The van der Waals surface area contributed by atoms with Crippen LogP contribution < -0.4 is 5.32 Å². The molecule has 0 radical (unpaired) electrons. The normalized spacial score (nSPS) is 10.2. The average Bonchev–Trinajstić information content (AvgIpc) is 2.86. The fourth-order valence-electron chi connectivity index (χ4n) is 1.00. The third-order valence-corrected chi connectivity index (χ3v) is 3.79. The van der Waals surface area contributed by atoms with Crippen molar-refractivity contribution in [1.82, 2.24) is 4.98 Å². The van der Waals surface area contributed by atoms with Crippen molar-refractivity contribution in [2.75, 3.05) is 5.32 Å². The molecule has 0 aliphatic heterocycles. The number of thiazole rings is 1. The standard InChI is InChI=1S/C8H4ClN3O3S2/c9-5-2-1-4(16-5)7(13)11-8-10-3-6(17-8)12(14)15/h1-3H,(H,10,11,13). The first-order chi connectivity index (χ1) is 8.06. The molecular formula is C8H4ClN3O3S2. The zero-order chi connectivity index (χ0) is 12.4. The summed E-state index contributed by atoms with van der Waals surface area (Å²) >= 11 is 7.61. The predicted molar refractivity (Wildman–Crippen MR) is 66.1 cm³/mol. The van der Waals surface area contributed by atoms with Crippen LogP contribution in [0.5, 0.6) is 0 Å². The third kappa shape index (κ3) is 2.78. The maximum atomic E-state index is 11.6. The molecule has 2 aromatic heterocycles. The van der Waals surface area contributed by atoms with E-state index in [-0.39, 0.29) is 16.0 Å². The Hall–Kier alpha value is -1.51. The first kappa shape index (κ1) is 12.0. The summed E-state index contributed by atoms with van der Waals surface area (Å²) in [6.45, 7) is 0. The summed E-state index contributed by atoms with van der Waals surface area (Å²) in [4.78, 5) is 25.7. The van der Waals surface area contributed by atoms with Crippen molar-refractivity contribution in [2.24, 2.45) is 0 Å². The average molecular weight is 290 g/mol. The molecule has 17 heavy (non-hydrogen) atoms. The van der Waals surface area contributed by atoms with Gasteiger partial charge in [-0.25, -0.2) is 4.98 Å². The van der Waals surface area contributed by atoms with E-state index in [0.29, 0.717) is 9.21 Å². The molecule has 6 nitrogen and oxygen atoms in total. The van der Waals surface area contributed by atoms with Crippen molar-refractivity contribution < 1.29 is 9.72 Å². The summed E-state index contributed by atoms with van der Waals surface area (Å²) in [5.74, 6) is -0.383. The van der Waals surface area contributed by atoms with E-state index in [0.717, 1.165) is 28.9 Å². The number of nitro groups is 1. The summed E-state index contributed by atoms with van der Waals surface area (Å²) < 4.78 is 0.500. The molecule has 1 amide bonds. The monoisotopic (exact) mass is 289 g/mol. The molecule has 88 valence electrons. The van der Waals surface area contributed by atoms with Gasteiger partial charge in [0.15, 0.2) is 5.13 Å². The number of thiophene rings is 1. The van der Waals surface area contributed by atoms with E-state index in [1.54, 1.807) is 12.1 Å². The van der Waals surface area contributed by atoms with Crippen LogP contribution in [-0.2, 0) is 0 Å². The Balaban J connectivity index is 2.10. The topological polar surface area (TPSA) is 85.1 Å². The van der Waals surface area contributed by atoms with Crippen molar-refractivity contribution in [1.29, 1.82) is 0 Å². The Bertz CT molecular complexity index is 580. The molecule has 2 aromatic rings. The van der Waals surface area contributed by atoms with Crippen LogP contribution >= 0.6 is 34.3 Å². The lowest BCUT2D eigenvalue weighted by atomic mass is 10.4. The van der Waals surface area contributed by atoms with Crippen LogP contribution in [0.3, 0.4) is 0 Å². The molecule has 0 aliphatic rings. The molecule has 9 heteroatoms. The number of anilines is 1. The molecule has 0 spiro atoms. The quantitative estimate of drug-likeness (QED) is 0.695. The van der Waals surface area contributed by atoms with Gasteiger partial charge in [0, 0.05) is 0 Å². The SMILES string of the molecule is O=C(Nc1ncc([N+](=O)[O-])s1)c1ccc(Cl)s1. The molecule has 0 atom stereocenters. The number of halogens is 1. The van der Waals surface area contributed by atoms with Crippen molar-refractivity contribution in [3.05, 3.63) is 37.7 Å². The zero-order valence-corrected chi connectivity index (χ0v) is 10.4. The molecule has 0 unspecified atom stereocenters. The van der Waals surface area contributed by atoms with E-state index in [9.17, 15) is 14.9 Å². The summed E-state index contributed by atoms with van der Waals surface area (Å²) in [6.07, 6.45) is 1.10. The van der Waals surface area contributed by atoms with Gasteiger partial charge in [-0.05, 0) is 23.5 Å². The molecule has 0 aliphatic carbocycles. The Kier molecular flexibility index (Phi) is 3.36. The predicted octanol–water partition coefficient (Wildman–Crippen LogP) is 3.02. The number of amides is 1. The van der Waals surface area contributed by atoms with Crippen LogP contribution in [0, 0.1) is 10.1 Å². The van der Waals surface area contributed by atoms with Crippen LogP contribution in [0.1, 0.15) is 9.67 Å². The van der Waals surface area contributed by atoms with Gasteiger partial charge in [-0.3, -0.25) is 20.2 Å². The zero-order valence-electron chi connectivity index (χ0n) is 8.05. The van der Waals surface area contributed by atoms with Crippen LogP contribution in [0.15, 0.2) is 18.3 Å². The number of hydrogen-bond donors (Lipinski definition) is 1. The molecule has 1 N–H and O–H groups in total. The highest BCUT2D eigenvalue weighted by Gasteiger charge is 2.15. The smallest absolute Gasteiger partial charge is 0.297 e. The van der Waals surface area contributed by atoms with E-state index in [2.05, 4.69) is 10.3 Å². The number of carbonyl (C=O) groups excluding carboxylic acids is 1. The van der Waals surface area contributed by atoms with E-state index in [4.69, 9.17) is 11.6 Å². The maximum absolute atomic E-state index is 11.6. The summed E-state index contributed by atoms with van der Waals surface area (Å²) in [5.41, 5.74) is 0. The fourth-order valence-corrected chi connectivity index (χ4v) is 2.57. The molecule has 0 saturated heterocycles. The largest absolute Gasteiger partial charge is 0.345 e. The van der Waals surface area contributed by atoms with Crippen molar-refractivity contribution >= 4 is 50.3 Å². The number of nitrogens with one attached hydrogen (secondary N) is 1. The molecule has 0 aromatic carbocycles. The first-order valence-electron chi connectivity index (χ1n) is 4.23. The number of hydrogen-bond acceptors (Lipinski definition) is 6. The van der Waals surface area contributed by atoms with Gasteiger partial charge in [-0.2, -0.15) is 0 Å². The Labute approximate surface area is 108 Å². The number of nitrogens with zero attached hydrogens (tertiary/aromatic N) is 2. The van der Waals surface area contributed by atoms with Crippen LogP contribution in [0.4, 0.5) is 10.1 Å². The Morgan fingerprint density at radius 3 is 2.76 bits per heavy atom. The third-order valence-electron chi connectivity index (χ3n) is 1.69. The second-order valence-electron chi connectivity index (χ2n) is 2.82. The summed E-state index contributed by atoms with van der Waals surface area (Å²) in [7, 11) is 0. The Morgan fingerprint density at radius 1 is 1.47 bits per heavy atom. The second kappa shape index (κ2) is 4.78. The fraction of sp³-hybridized carbons (Fsp3) is 0. The highest BCUT2D eigenvalue weighted by Crippen LogP contribution is 2.27. The molecule has 2 rings (SSSR count). The van der Waals surface area contributed by atoms with Gasteiger partial charge in [-0.1, -0.05) is 11.6 Å². The first-order valence-corrected chi connectivity index (χ1v) is 6.24. The van der Waals surface area contributed by atoms with Gasteiger partial charge >= 0.3 is 5.00 Å². The number of rotatable bonds is 3.